The van der Waals surface area contributed by atoms with Crippen LogP contribution in [-0.4, -0.2) is 45.6 Å². The first-order chi connectivity index (χ1) is 26.2. The summed E-state index contributed by atoms with van der Waals surface area (Å²) in [5.41, 5.74) is 2.27. The minimum Gasteiger partial charge on any atom is -0.503 e. The number of thiophene rings is 1. The summed E-state index contributed by atoms with van der Waals surface area (Å²) in [6.07, 6.45) is 2.50. The van der Waals surface area contributed by atoms with Gasteiger partial charge in [0.15, 0.2) is 11.5 Å². The van der Waals surface area contributed by atoms with E-state index in [0.717, 1.165) is 30.6 Å². The summed E-state index contributed by atoms with van der Waals surface area (Å²) < 4.78 is 9.34. The fraction of sp³-hybridized carbons (Fsp3) is 0.293. The van der Waals surface area contributed by atoms with E-state index < -0.39 is 40.9 Å². The Hall–Kier alpha value is -4.30. The zero-order valence-electron chi connectivity index (χ0n) is 30.0. The monoisotopic (exact) mass is 902 g/mol. The van der Waals surface area contributed by atoms with Gasteiger partial charge < -0.3 is 9.84 Å². The number of anilines is 2. The van der Waals surface area contributed by atoms with Crippen LogP contribution in [-0.2, 0) is 26.2 Å². The third-order valence-electron chi connectivity index (χ3n) is 12.2. The van der Waals surface area contributed by atoms with Crippen LogP contribution in [0.2, 0.25) is 5.02 Å². The fourth-order valence-electron chi connectivity index (χ4n) is 9.59. The number of methoxy groups -OCH3 is 1. The van der Waals surface area contributed by atoms with Gasteiger partial charge in [0, 0.05) is 33.2 Å². The topological polar surface area (TPSA) is 122 Å². The van der Waals surface area contributed by atoms with E-state index in [1.807, 2.05) is 38.1 Å². The van der Waals surface area contributed by atoms with Crippen molar-refractivity contribution in [1.82, 2.24) is 9.78 Å². The van der Waals surface area contributed by atoms with Crippen molar-refractivity contribution in [2.75, 3.05) is 16.9 Å². The van der Waals surface area contributed by atoms with E-state index in [1.54, 1.807) is 65.5 Å². The molecule has 3 aromatic carbocycles. The van der Waals surface area contributed by atoms with Crippen LogP contribution in [0, 0.1) is 36.0 Å². The second kappa shape index (κ2) is 12.9. The predicted molar refractivity (Wildman–Crippen MR) is 217 cm³/mol. The first-order valence-electron chi connectivity index (χ1n) is 17.8. The number of hydrogen-bond acceptors (Lipinski definition) is 8. The van der Waals surface area contributed by atoms with Crippen LogP contribution in [0.15, 0.2) is 81.3 Å². The minimum absolute atomic E-state index is 0.101. The number of carbonyl (C=O) groups is 4. The largest absolute Gasteiger partial charge is 0.503 e. The number of fused-ring (bicyclic) bond motifs is 5. The molecule has 9 rings (SSSR count). The summed E-state index contributed by atoms with van der Waals surface area (Å²) in [6, 6.07) is 18.0. The summed E-state index contributed by atoms with van der Waals surface area (Å²) in [7, 11) is 3.16. The fourth-order valence-corrected chi connectivity index (χ4v) is 11.6. The average Bonchev–Trinajstić information content (AvgIpc) is 3.83. The lowest BCUT2D eigenvalue weighted by atomic mass is 9.51. The highest BCUT2D eigenvalue weighted by Gasteiger charge is 2.68. The Labute approximate surface area is 341 Å². The number of halogens is 3. The molecule has 6 unspecified atom stereocenters. The van der Waals surface area contributed by atoms with Gasteiger partial charge in [-0.1, -0.05) is 39.2 Å². The van der Waals surface area contributed by atoms with E-state index in [9.17, 15) is 19.5 Å². The van der Waals surface area contributed by atoms with Gasteiger partial charge in [-0.15, -0.1) is 11.3 Å². The molecule has 10 nitrogen and oxygen atoms in total. The second-order valence-corrected chi connectivity index (χ2v) is 18.2. The van der Waals surface area contributed by atoms with Crippen molar-refractivity contribution in [1.29, 1.82) is 0 Å². The number of aromatic nitrogens is 2. The summed E-state index contributed by atoms with van der Waals surface area (Å²) in [5.74, 6) is -4.34. The zero-order valence-corrected chi connectivity index (χ0v) is 34.7. The summed E-state index contributed by atoms with van der Waals surface area (Å²) in [6.45, 7) is 3.83. The van der Waals surface area contributed by atoms with Crippen molar-refractivity contribution in [2.24, 2.45) is 36.1 Å². The number of aromatic hydroxyl groups is 1. The van der Waals surface area contributed by atoms with Crippen molar-refractivity contribution in [3.63, 3.8) is 0 Å². The Morgan fingerprint density at radius 3 is 2.44 bits per heavy atom. The summed E-state index contributed by atoms with van der Waals surface area (Å²) in [4.78, 5) is 62.0. The van der Waals surface area contributed by atoms with E-state index in [2.05, 4.69) is 31.9 Å². The summed E-state index contributed by atoms with van der Waals surface area (Å²) in [5, 5.41) is 17.3. The molecule has 0 spiro atoms. The normalized spacial score (nSPS) is 26.1. The molecule has 2 aromatic heterocycles. The number of rotatable bonds is 5. The number of benzene rings is 3. The standard InChI is InChI=1S/C41H33Br2ClN4O6S/c1-18-25-15-21(44)7-12-31(25)55-36(18)29-17-32(46(3)45-29)48-38(51)27-16-26-23(34(41(27,2)40(48)53)19-13-28(43)35(49)30(14-19)54-4)10-11-24-33(26)39(52)47(37(24)50)22-8-5-20(42)6-9-22/h5-10,12-15,17,24,26-27,33-34,49H,11,16H2,1-4H3. The number of allylic oxidation sites excluding steroid dienone is 2. The number of nitrogens with zero attached hydrogens (tertiary/aromatic N) is 4. The van der Waals surface area contributed by atoms with Gasteiger partial charge in [0.1, 0.15) is 11.5 Å². The van der Waals surface area contributed by atoms with Crippen molar-refractivity contribution >= 4 is 100 Å². The maximum Gasteiger partial charge on any atom is 0.242 e. The van der Waals surface area contributed by atoms with Gasteiger partial charge in [0.2, 0.25) is 23.6 Å². The van der Waals surface area contributed by atoms with Crippen LogP contribution < -0.4 is 14.5 Å². The smallest absolute Gasteiger partial charge is 0.242 e. The first-order valence-corrected chi connectivity index (χ1v) is 20.5. The SMILES string of the molecule is COc1cc(C2C3=CCC4C(=O)N(c5ccc(Br)cc5)C(=O)C4C3CC3C(=O)N(c4cc(-c5sc6ccc(Cl)cc6c5C)nn4C)C(=O)C32C)cc(Br)c1O. The molecule has 280 valence electrons. The van der Waals surface area contributed by atoms with Gasteiger partial charge in [-0.3, -0.25) is 28.8 Å². The van der Waals surface area contributed by atoms with Gasteiger partial charge in [0.05, 0.1) is 45.3 Å². The molecule has 1 saturated carbocycles. The van der Waals surface area contributed by atoms with Crippen molar-refractivity contribution in [3.05, 3.63) is 97.4 Å². The maximum atomic E-state index is 15.2. The van der Waals surface area contributed by atoms with Crippen LogP contribution in [0.4, 0.5) is 11.5 Å². The van der Waals surface area contributed by atoms with Crippen LogP contribution in [0.3, 0.4) is 0 Å². The molecule has 1 N–H and O–H groups in total. The highest BCUT2D eigenvalue weighted by Crippen LogP contribution is 2.64. The van der Waals surface area contributed by atoms with Gasteiger partial charge in [-0.2, -0.15) is 5.10 Å². The Morgan fingerprint density at radius 2 is 1.71 bits per heavy atom. The molecule has 55 heavy (non-hydrogen) atoms. The first kappa shape index (κ1) is 36.3. The molecule has 5 aromatic rings. The Balaban J connectivity index is 1.17. The van der Waals surface area contributed by atoms with Gasteiger partial charge >= 0.3 is 0 Å². The Bertz CT molecular complexity index is 2570. The van der Waals surface area contributed by atoms with E-state index in [0.29, 0.717) is 38.7 Å². The van der Waals surface area contributed by atoms with E-state index in [4.69, 9.17) is 21.4 Å². The molecule has 6 atom stereocenters. The molecule has 4 aliphatic rings. The predicted octanol–water partition coefficient (Wildman–Crippen LogP) is 8.94. The number of aryl methyl sites for hydroxylation is 2. The third kappa shape index (κ3) is 5.18. The van der Waals surface area contributed by atoms with E-state index in [-0.39, 0.29) is 35.6 Å². The molecule has 2 saturated heterocycles. The van der Waals surface area contributed by atoms with Crippen LogP contribution >= 0.6 is 54.8 Å². The molecule has 0 radical (unpaired) electrons. The molecule has 4 heterocycles. The molecule has 0 bridgehead atoms. The Morgan fingerprint density at radius 1 is 0.964 bits per heavy atom. The van der Waals surface area contributed by atoms with E-state index in [1.165, 1.54) is 16.9 Å². The van der Waals surface area contributed by atoms with Gasteiger partial charge in [-0.25, -0.2) is 4.90 Å². The molecule has 4 amide bonds. The molecule has 2 aliphatic carbocycles. The van der Waals surface area contributed by atoms with Crippen molar-refractivity contribution in [3.8, 4) is 22.1 Å². The summed E-state index contributed by atoms with van der Waals surface area (Å²) >= 11 is 14.8. The zero-order chi connectivity index (χ0) is 38.8. The lowest BCUT2D eigenvalue weighted by Crippen LogP contribution is -2.49. The number of phenolic OH excluding ortho intramolecular Hbond substituents is 1. The molecular formula is C41H33Br2ClN4O6S. The van der Waals surface area contributed by atoms with Gasteiger partial charge in [0.25, 0.3) is 0 Å². The molecule has 3 fully saturated rings. The minimum atomic E-state index is -1.31. The van der Waals surface area contributed by atoms with Crippen LogP contribution in [0.25, 0.3) is 20.7 Å². The second-order valence-electron chi connectivity index (χ2n) is 14.9. The van der Waals surface area contributed by atoms with Gasteiger partial charge in [-0.05, 0) is 120 Å². The lowest BCUT2D eigenvalue weighted by molar-refractivity contribution is -0.131. The lowest BCUT2D eigenvalue weighted by Gasteiger charge is -2.49. The molecule has 14 heteroatoms. The number of carbonyl (C=O) groups excluding carboxylic acids is 4. The highest BCUT2D eigenvalue weighted by molar-refractivity contribution is 9.10. The van der Waals surface area contributed by atoms with Crippen molar-refractivity contribution in [2.45, 2.75) is 32.6 Å². The maximum absolute atomic E-state index is 15.2. The molecular weight excluding hydrogens is 872 g/mol. The molecule has 2 aliphatic heterocycles. The number of hydrogen-bond donors (Lipinski definition) is 1. The Kier molecular flexibility index (Phi) is 8.50. The quantitative estimate of drug-likeness (QED) is 0.138. The number of phenols is 1. The number of imide groups is 2. The van der Waals surface area contributed by atoms with Crippen LogP contribution in [0.1, 0.15) is 36.8 Å². The number of ether oxygens (including phenoxy) is 1. The highest BCUT2D eigenvalue weighted by atomic mass is 79.9. The number of amides is 4. The third-order valence-corrected chi connectivity index (χ3v) is 14.8. The average molecular weight is 905 g/mol. The van der Waals surface area contributed by atoms with E-state index >= 15 is 4.79 Å². The van der Waals surface area contributed by atoms with Crippen LogP contribution in [0.5, 0.6) is 11.5 Å². The van der Waals surface area contributed by atoms with Crippen molar-refractivity contribution < 1.29 is 29.0 Å².